The molecule has 3 rings (SSSR count). The van der Waals surface area contributed by atoms with E-state index < -0.39 is 58.0 Å². The van der Waals surface area contributed by atoms with Crippen molar-refractivity contribution in [1.29, 1.82) is 0 Å². The van der Waals surface area contributed by atoms with Gasteiger partial charge in [-0.2, -0.15) is 0 Å². The fraction of sp³-hybridized carbons (Fsp3) is 0.300. The molecule has 3 aromatic rings. The topological polar surface area (TPSA) is 73.5 Å². The minimum absolute atomic E-state index is 0.264. The molecule has 0 fully saturated rings. The van der Waals surface area contributed by atoms with E-state index >= 15 is 0 Å². The Hall–Kier alpha value is -3.21. The highest BCUT2D eigenvalue weighted by molar-refractivity contribution is 5.78. The number of hydrogen-bond donors (Lipinski definition) is 1. The van der Waals surface area contributed by atoms with Crippen LogP contribution in [0.5, 0.6) is 5.75 Å². The number of fused-ring (bicyclic) bond motifs is 1. The van der Waals surface area contributed by atoms with Crippen molar-refractivity contribution in [3.63, 3.8) is 0 Å². The van der Waals surface area contributed by atoms with E-state index in [2.05, 4.69) is 4.74 Å². The zero-order chi connectivity index (χ0) is 23.1. The first-order valence-corrected chi connectivity index (χ1v) is 8.95. The zero-order valence-corrected chi connectivity index (χ0v) is 16.3. The van der Waals surface area contributed by atoms with Crippen LogP contribution in [-0.2, 0) is 13.1 Å². The van der Waals surface area contributed by atoms with Crippen LogP contribution < -0.4 is 16.0 Å². The number of hydrogen-bond acceptors (Lipinski definition) is 4. The van der Waals surface area contributed by atoms with E-state index in [4.69, 9.17) is 0 Å². The van der Waals surface area contributed by atoms with E-state index in [0.29, 0.717) is 10.6 Å². The maximum Gasteiger partial charge on any atom is 0.573 e. The second-order valence-electron chi connectivity index (χ2n) is 7.55. The van der Waals surface area contributed by atoms with Gasteiger partial charge in [0.25, 0.3) is 5.56 Å². The number of alkyl halides is 3. The molecule has 0 aliphatic heterocycles. The van der Waals surface area contributed by atoms with Crippen molar-refractivity contribution in [3.8, 4) is 5.75 Å². The van der Waals surface area contributed by atoms with Crippen LogP contribution in [0.3, 0.4) is 0 Å². The highest BCUT2D eigenvalue weighted by Crippen LogP contribution is 2.23. The summed E-state index contributed by atoms with van der Waals surface area (Å²) in [4.78, 5) is 25.8. The molecule has 0 saturated carbocycles. The summed E-state index contributed by atoms with van der Waals surface area (Å²) in [5, 5.41) is 9.71. The molecular formula is C20H17F5N2O4. The third kappa shape index (κ3) is 5.10. The summed E-state index contributed by atoms with van der Waals surface area (Å²) < 4.78 is 70.4. The number of ether oxygens (including phenoxy) is 1. The molecule has 11 heteroatoms. The van der Waals surface area contributed by atoms with Gasteiger partial charge in [-0.3, -0.25) is 13.9 Å². The van der Waals surface area contributed by atoms with Crippen molar-refractivity contribution in [3.05, 3.63) is 74.4 Å². The Morgan fingerprint density at radius 2 is 1.61 bits per heavy atom. The van der Waals surface area contributed by atoms with Gasteiger partial charge in [0, 0.05) is 6.07 Å². The lowest BCUT2D eigenvalue weighted by atomic mass is 10.1. The van der Waals surface area contributed by atoms with Gasteiger partial charge in [-0.1, -0.05) is 12.1 Å². The lowest BCUT2D eigenvalue weighted by molar-refractivity contribution is -0.274. The van der Waals surface area contributed by atoms with Crippen LogP contribution in [0.15, 0.2) is 46.0 Å². The summed E-state index contributed by atoms with van der Waals surface area (Å²) in [6.45, 7) is 1.94. The van der Waals surface area contributed by atoms with Crippen LogP contribution in [0.25, 0.3) is 10.9 Å². The normalized spacial score (nSPS) is 12.4. The molecule has 0 amide bonds. The van der Waals surface area contributed by atoms with Crippen LogP contribution in [-0.4, -0.2) is 26.2 Å². The smallest absolute Gasteiger partial charge is 0.406 e. The molecule has 0 unspecified atom stereocenters. The molecule has 1 N–H and O–H groups in total. The lowest BCUT2D eigenvalue weighted by Crippen LogP contribution is -2.43. The van der Waals surface area contributed by atoms with Crippen LogP contribution in [0, 0.1) is 11.6 Å². The van der Waals surface area contributed by atoms with Crippen LogP contribution >= 0.6 is 0 Å². The predicted octanol–water partition coefficient (Wildman–Crippen LogP) is 3.16. The molecule has 0 bridgehead atoms. The number of aliphatic hydroxyl groups is 1. The number of halogens is 5. The highest BCUT2D eigenvalue weighted by Gasteiger charge is 2.31. The predicted molar refractivity (Wildman–Crippen MR) is 101 cm³/mol. The molecule has 1 aromatic heterocycles. The highest BCUT2D eigenvalue weighted by atomic mass is 19.4. The molecule has 0 aliphatic rings. The number of aromatic nitrogens is 2. The van der Waals surface area contributed by atoms with E-state index in [1.54, 1.807) is 0 Å². The molecular weight excluding hydrogens is 427 g/mol. The summed E-state index contributed by atoms with van der Waals surface area (Å²) in [6, 6.07) is 5.73. The Balaban J connectivity index is 2.15. The fourth-order valence-corrected chi connectivity index (χ4v) is 3.13. The quantitative estimate of drug-likeness (QED) is 0.614. The average molecular weight is 444 g/mol. The van der Waals surface area contributed by atoms with Crippen molar-refractivity contribution >= 4 is 10.9 Å². The van der Waals surface area contributed by atoms with E-state index in [1.165, 1.54) is 26.0 Å². The molecule has 0 radical (unpaired) electrons. The molecule has 31 heavy (non-hydrogen) atoms. The van der Waals surface area contributed by atoms with Crippen molar-refractivity contribution in [2.45, 2.75) is 38.9 Å². The van der Waals surface area contributed by atoms with Gasteiger partial charge in [-0.05, 0) is 37.6 Å². The summed E-state index contributed by atoms with van der Waals surface area (Å²) in [7, 11) is 0. The van der Waals surface area contributed by atoms with Gasteiger partial charge in [-0.15, -0.1) is 13.2 Å². The van der Waals surface area contributed by atoms with E-state index in [9.17, 15) is 36.6 Å². The van der Waals surface area contributed by atoms with Gasteiger partial charge in [-0.25, -0.2) is 13.6 Å². The minimum Gasteiger partial charge on any atom is -0.406 e. The molecule has 0 spiro atoms. The number of nitrogens with zero attached hydrogens (tertiary/aromatic N) is 2. The second-order valence-corrected chi connectivity index (χ2v) is 7.55. The summed E-state index contributed by atoms with van der Waals surface area (Å²) in [5.74, 6) is -2.67. The Labute approximate surface area is 171 Å². The van der Waals surface area contributed by atoms with E-state index in [1.807, 2.05) is 0 Å². The second kappa shape index (κ2) is 7.80. The summed E-state index contributed by atoms with van der Waals surface area (Å²) in [5.41, 5.74) is -3.62. The van der Waals surface area contributed by atoms with Gasteiger partial charge < -0.3 is 9.84 Å². The zero-order valence-electron chi connectivity index (χ0n) is 16.3. The molecule has 0 atom stereocenters. The Bertz CT molecular complexity index is 1240. The Morgan fingerprint density at radius 3 is 2.16 bits per heavy atom. The van der Waals surface area contributed by atoms with Crippen LogP contribution in [0.2, 0.25) is 0 Å². The van der Waals surface area contributed by atoms with Gasteiger partial charge >= 0.3 is 12.1 Å². The summed E-state index contributed by atoms with van der Waals surface area (Å²) in [6.07, 6.45) is -4.88. The average Bonchev–Trinajstić information content (AvgIpc) is 2.61. The third-order valence-electron chi connectivity index (χ3n) is 4.28. The van der Waals surface area contributed by atoms with Crippen molar-refractivity contribution in [1.82, 2.24) is 9.13 Å². The first-order valence-electron chi connectivity index (χ1n) is 8.95. The van der Waals surface area contributed by atoms with Crippen molar-refractivity contribution in [2.75, 3.05) is 0 Å². The first kappa shape index (κ1) is 22.5. The van der Waals surface area contributed by atoms with E-state index in [0.717, 1.165) is 22.8 Å². The van der Waals surface area contributed by atoms with Crippen LogP contribution in [0.4, 0.5) is 22.0 Å². The van der Waals surface area contributed by atoms with Crippen molar-refractivity contribution in [2.24, 2.45) is 0 Å². The standard InChI is InChI=1S/C20H17F5N2O4/c1-19(2,30)10-27-16-14(7-12(21)8-15(16)22)17(28)26(18(27)29)9-11-3-5-13(6-4-11)31-20(23,24)25/h3-8,30H,9-10H2,1-2H3. The number of rotatable bonds is 5. The largest absolute Gasteiger partial charge is 0.573 e. The van der Waals surface area contributed by atoms with E-state index in [-0.39, 0.29) is 12.1 Å². The Kier molecular flexibility index (Phi) is 5.66. The lowest BCUT2D eigenvalue weighted by Gasteiger charge is -2.21. The molecule has 0 aliphatic carbocycles. The summed E-state index contributed by atoms with van der Waals surface area (Å²) >= 11 is 0. The van der Waals surface area contributed by atoms with Gasteiger partial charge in [0.1, 0.15) is 11.6 Å². The van der Waals surface area contributed by atoms with Crippen LogP contribution in [0.1, 0.15) is 19.4 Å². The third-order valence-corrected chi connectivity index (χ3v) is 4.28. The van der Waals surface area contributed by atoms with Gasteiger partial charge in [0.05, 0.1) is 29.6 Å². The SMILES string of the molecule is CC(C)(O)Cn1c(=O)n(Cc2ccc(OC(F)(F)F)cc2)c(=O)c2cc(F)cc(F)c21. The maximum absolute atomic E-state index is 14.4. The molecule has 1 heterocycles. The molecule has 6 nitrogen and oxygen atoms in total. The minimum atomic E-state index is -4.88. The maximum atomic E-state index is 14.4. The van der Waals surface area contributed by atoms with Gasteiger partial charge in [0.2, 0.25) is 0 Å². The molecule has 166 valence electrons. The van der Waals surface area contributed by atoms with Crippen molar-refractivity contribution < 1.29 is 31.8 Å². The Morgan fingerprint density at radius 1 is 1.00 bits per heavy atom. The van der Waals surface area contributed by atoms with Gasteiger partial charge in [0.15, 0.2) is 5.82 Å². The fourth-order valence-electron chi connectivity index (χ4n) is 3.13. The first-order chi connectivity index (χ1) is 14.2. The molecule has 0 saturated heterocycles. The molecule has 2 aromatic carbocycles. The number of benzene rings is 2. The monoisotopic (exact) mass is 444 g/mol.